The molecule has 1 aromatic heterocycles. The van der Waals surface area contributed by atoms with Crippen molar-refractivity contribution in [1.29, 1.82) is 0 Å². The van der Waals surface area contributed by atoms with Crippen molar-refractivity contribution in [2.75, 3.05) is 17.2 Å². The lowest BCUT2D eigenvalue weighted by Gasteiger charge is -2.11. The summed E-state index contributed by atoms with van der Waals surface area (Å²) < 4.78 is 4.93. The number of nitro groups is 1. The summed E-state index contributed by atoms with van der Waals surface area (Å²) >= 11 is 12.1. The van der Waals surface area contributed by atoms with Crippen molar-refractivity contribution in [3.05, 3.63) is 74.5 Å². The first-order valence-electron chi connectivity index (χ1n) is 8.65. The van der Waals surface area contributed by atoms with Crippen molar-refractivity contribution in [2.24, 2.45) is 0 Å². The predicted octanol–water partition coefficient (Wildman–Crippen LogP) is 5.36. The van der Waals surface area contributed by atoms with Crippen LogP contribution in [0.15, 0.2) is 48.8 Å². The van der Waals surface area contributed by atoms with Gasteiger partial charge in [0.05, 0.1) is 32.8 Å². The summed E-state index contributed by atoms with van der Waals surface area (Å²) in [5, 5.41) is 17.9. The minimum Gasteiger partial charge on any atom is -0.462 e. The van der Waals surface area contributed by atoms with E-state index >= 15 is 0 Å². The van der Waals surface area contributed by atoms with E-state index < -0.39 is 10.9 Å². The third-order valence-electron chi connectivity index (χ3n) is 3.87. The van der Waals surface area contributed by atoms with Crippen LogP contribution in [0, 0.1) is 10.1 Å². The van der Waals surface area contributed by atoms with Gasteiger partial charge in [-0.05, 0) is 43.3 Å². The van der Waals surface area contributed by atoms with Gasteiger partial charge in [-0.25, -0.2) is 14.8 Å². The number of hydrogen-bond donors (Lipinski definition) is 2. The van der Waals surface area contributed by atoms with Crippen molar-refractivity contribution < 1.29 is 14.5 Å². The first-order chi connectivity index (χ1) is 14.4. The Kier molecular flexibility index (Phi) is 6.65. The Bertz CT molecular complexity index is 1090. The number of aromatic nitrogens is 2. The van der Waals surface area contributed by atoms with Crippen LogP contribution in [-0.2, 0) is 4.74 Å². The molecule has 2 aromatic carbocycles. The zero-order chi connectivity index (χ0) is 21.7. The smallest absolute Gasteiger partial charge is 0.353 e. The predicted molar refractivity (Wildman–Crippen MR) is 114 cm³/mol. The van der Waals surface area contributed by atoms with Gasteiger partial charge in [-0.1, -0.05) is 29.3 Å². The van der Waals surface area contributed by atoms with E-state index in [0.717, 1.165) is 0 Å². The molecule has 154 valence electrons. The van der Waals surface area contributed by atoms with Gasteiger partial charge in [-0.3, -0.25) is 10.1 Å². The van der Waals surface area contributed by atoms with Crippen LogP contribution in [0.4, 0.5) is 28.7 Å². The molecule has 9 nitrogen and oxygen atoms in total. The minimum absolute atomic E-state index is 0.0421. The van der Waals surface area contributed by atoms with Gasteiger partial charge in [0.25, 0.3) is 0 Å². The summed E-state index contributed by atoms with van der Waals surface area (Å²) in [6.45, 7) is 1.97. The molecule has 0 bridgehead atoms. The standard InChI is InChI=1S/C19H15Cl2N5O4/c1-2-30-19(27)11-6-8-12(9-7-11)24-17-16(26(28)29)18(23-10-22-17)25-14-5-3-4-13(20)15(14)21/h3-10H,2H2,1H3,(H2,22,23,24,25). The van der Waals surface area contributed by atoms with Crippen LogP contribution >= 0.6 is 23.2 Å². The maximum Gasteiger partial charge on any atom is 0.353 e. The van der Waals surface area contributed by atoms with Crippen LogP contribution < -0.4 is 10.6 Å². The lowest BCUT2D eigenvalue weighted by atomic mass is 10.2. The van der Waals surface area contributed by atoms with Gasteiger partial charge in [0.1, 0.15) is 6.33 Å². The van der Waals surface area contributed by atoms with Gasteiger partial charge in [-0.15, -0.1) is 0 Å². The monoisotopic (exact) mass is 447 g/mol. The maximum atomic E-state index is 11.7. The summed E-state index contributed by atoms with van der Waals surface area (Å²) in [7, 11) is 0. The summed E-state index contributed by atoms with van der Waals surface area (Å²) in [6, 6.07) is 11.1. The highest BCUT2D eigenvalue weighted by atomic mass is 35.5. The van der Waals surface area contributed by atoms with E-state index in [1.165, 1.54) is 18.5 Å². The first-order valence-corrected chi connectivity index (χ1v) is 9.41. The number of hydrogen-bond acceptors (Lipinski definition) is 8. The fraction of sp³-hybridized carbons (Fsp3) is 0.105. The second-order valence-electron chi connectivity index (χ2n) is 5.83. The van der Waals surface area contributed by atoms with Crippen LogP contribution in [-0.4, -0.2) is 27.5 Å². The largest absolute Gasteiger partial charge is 0.462 e. The molecule has 0 aliphatic heterocycles. The summed E-state index contributed by atoms with van der Waals surface area (Å²) in [4.78, 5) is 30.8. The van der Waals surface area contributed by atoms with E-state index in [4.69, 9.17) is 27.9 Å². The summed E-state index contributed by atoms with van der Waals surface area (Å²) in [6.07, 6.45) is 1.17. The Balaban J connectivity index is 1.90. The number of carbonyl (C=O) groups is 1. The maximum absolute atomic E-state index is 11.7. The van der Waals surface area contributed by atoms with Crippen molar-refractivity contribution in [1.82, 2.24) is 9.97 Å². The third-order valence-corrected chi connectivity index (χ3v) is 4.69. The van der Waals surface area contributed by atoms with Crippen molar-refractivity contribution in [3.63, 3.8) is 0 Å². The summed E-state index contributed by atoms with van der Waals surface area (Å²) in [5.74, 6) is -0.564. The van der Waals surface area contributed by atoms with Crippen molar-refractivity contribution >= 4 is 57.9 Å². The van der Waals surface area contributed by atoms with Crippen molar-refractivity contribution in [3.8, 4) is 0 Å². The molecular formula is C19H15Cl2N5O4. The van der Waals surface area contributed by atoms with Crippen LogP contribution in [0.1, 0.15) is 17.3 Å². The molecule has 2 N–H and O–H groups in total. The fourth-order valence-corrected chi connectivity index (χ4v) is 2.85. The van der Waals surface area contributed by atoms with E-state index in [-0.39, 0.29) is 29.0 Å². The zero-order valence-corrected chi connectivity index (χ0v) is 17.1. The van der Waals surface area contributed by atoms with E-state index in [0.29, 0.717) is 22.0 Å². The molecule has 30 heavy (non-hydrogen) atoms. The molecule has 0 unspecified atom stereocenters. The molecule has 1 heterocycles. The highest BCUT2D eigenvalue weighted by Gasteiger charge is 2.24. The molecule has 11 heteroatoms. The van der Waals surface area contributed by atoms with E-state index in [9.17, 15) is 14.9 Å². The molecule has 0 radical (unpaired) electrons. The normalized spacial score (nSPS) is 10.4. The number of rotatable bonds is 7. The number of benzene rings is 2. The van der Waals surface area contributed by atoms with Crippen molar-refractivity contribution in [2.45, 2.75) is 6.92 Å². The van der Waals surface area contributed by atoms with Crippen LogP contribution in [0.2, 0.25) is 10.0 Å². The number of ether oxygens (including phenoxy) is 1. The molecule has 3 rings (SSSR count). The van der Waals surface area contributed by atoms with E-state index in [1.807, 2.05) is 0 Å². The highest BCUT2D eigenvalue weighted by Crippen LogP contribution is 2.36. The molecule has 0 amide bonds. The van der Waals surface area contributed by atoms with Gasteiger partial charge in [0.15, 0.2) is 0 Å². The molecular weight excluding hydrogens is 433 g/mol. The molecule has 0 fully saturated rings. The average Bonchev–Trinajstić information content (AvgIpc) is 2.72. The molecule has 0 atom stereocenters. The Labute approximate surface area is 181 Å². The number of anilines is 4. The van der Waals surface area contributed by atoms with Gasteiger partial charge in [0.2, 0.25) is 11.6 Å². The molecule has 0 spiro atoms. The molecule has 0 aliphatic carbocycles. The first kappa shape index (κ1) is 21.3. The average molecular weight is 448 g/mol. The topological polar surface area (TPSA) is 119 Å². The van der Waals surface area contributed by atoms with Gasteiger partial charge in [-0.2, -0.15) is 0 Å². The van der Waals surface area contributed by atoms with Gasteiger partial charge < -0.3 is 15.4 Å². The Hall–Kier alpha value is -3.43. The number of nitrogens with one attached hydrogen (secondary N) is 2. The van der Waals surface area contributed by atoms with Gasteiger partial charge >= 0.3 is 11.7 Å². The third kappa shape index (κ3) is 4.76. The number of halogens is 2. The molecule has 3 aromatic rings. The Morgan fingerprint density at radius 2 is 1.77 bits per heavy atom. The lowest BCUT2D eigenvalue weighted by Crippen LogP contribution is -2.06. The second kappa shape index (κ2) is 9.38. The molecule has 0 saturated carbocycles. The highest BCUT2D eigenvalue weighted by molar-refractivity contribution is 6.43. The SMILES string of the molecule is CCOC(=O)c1ccc(Nc2ncnc(Nc3cccc(Cl)c3Cl)c2[N+](=O)[O-])cc1. The van der Waals surface area contributed by atoms with E-state index in [1.54, 1.807) is 37.3 Å². The molecule has 0 saturated heterocycles. The fourth-order valence-electron chi connectivity index (χ4n) is 2.50. The lowest BCUT2D eigenvalue weighted by molar-refractivity contribution is -0.383. The Morgan fingerprint density at radius 3 is 2.40 bits per heavy atom. The van der Waals surface area contributed by atoms with E-state index in [2.05, 4.69) is 20.6 Å². The van der Waals surface area contributed by atoms with Crippen LogP contribution in [0.3, 0.4) is 0 Å². The quantitative estimate of drug-likeness (QED) is 0.282. The number of carbonyl (C=O) groups excluding carboxylic acids is 1. The van der Waals surface area contributed by atoms with Crippen LogP contribution in [0.25, 0.3) is 0 Å². The minimum atomic E-state index is -0.615. The Morgan fingerprint density at radius 1 is 1.10 bits per heavy atom. The second-order valence-corrected chi connectivity index (χ2v) is 6.61. The van der Waals surface area contributed by atoms with Gasteiger partial charge in [0, 0.05) is 5.69 Å². The van der Waals surface area contributed by atoms with Crippen LogP contribution in [0.5, 0.6) is 0 Å². The number of esters is 1. The molecule has 0 aliphatic rings. The summed E-state index contributed by atoms with van der Waals surface area (Å²) in [5.41, 5.74) is 0.813. The zero-order valence-electron chi connectivity index (χ0n) is 15.6. The number of nitrogens with zero attached hydrogens (tertiary/aromatic N) is 3.